The maximum atomic E-state index is 6.38. The predicted molar refractivity (Wildman–Crippen MR) is 117 cm³/mol. The van der Waals surface area contributed by atoms with Gasteiger partial charge >= 0.3 is 0 Å². The molecule has 0 radical (unpaired) electrons. The molecule has 0 saturated heterocycles. The molecule has 0 aliphatic heterocycles. The van der Waals surface area contributed by atoms with Crippen molar-refractivity contribution >= 4 is 45.2 Å². The third-order valence-electron chi connectivity index (χ3n) is 5.47. The first-order valence-corrected chi connectivity index (χ1v) is 10.2. The Bertz CT molecular complexity index is 1340. The molecule has 1 saturated carbocycles. The van der Waals surface area contributed by atoms with Crippen LogP contribution in [0.4, 0.5) is 11.6 Å². The van der Waals surface area contributed by atoms with E-state index in [4.69, 9.17) is 16.6 Å². The molecule has 6 rings (SSSR count). The summed E-state index contributed by atoms with van der Waals surface area (Å²) < 4.78 is 2.05. The lowest BCUT2D eigenvalue weighted by Gasteiger charge is -2.04. The lowest BCUT2D eigenvalue weighted by molar-refractivity contribution is 0.563. The number of anilines is 2. The van der Waals surface area contributed by atoms with Crippen molar-refractivity contribution in [3.05, 3.63) is 60.0 Å². The number of benzene rings is 2. The number of aromatic nitrogens is 5. The van der Waals surface area contributed by atoms with Gasteiger partial charge in [0.05, 0.1) is 22.3 Å². The lowest BCUT2D eigenvalue weighted by Crippen LogP contribution is -1.98. The van der Waals surface area contributed by atoms with E-state index in [1.165, 1.54) is 12.8 Å². The number of hydrogen-bond donors (Lipinski definition) is 3. The molecule has 0 spiro atoms. The van der Waals surface area contributed by atoms with Gasteiger partial charge in [-0.25, -0.2) is 4.98 Å². The monoisotopic (exact) mass is 402 g/mol. The van der Waals surface area contributed by atoms with Gasteiger partial charge in [0.15, 0.2) is 0 Å². The van der Waals surface area contributed by atoms with Crippen LogP contribution in [0.1, 0.15) is 12.8 Å². The highest BCUT2D eigenvalue weighted by atomic mass is 35.5. The van der Waals surface area contributed by atoms with Crippen LogP contribution in [0.15, 0.2) is 55.0 Å². The molecule has 144 valence electrons. The van der Waals surface area contributed by atoms with Gasteiger partial charge in [0.2, 0.25) is 5.95 Å². The van der Waals surface area contributed by atoms with E-state index >= 15 is 0 Å². The summed E-state index contributed by atoms with van der Waals surface area (Å²) in [5.41, 5.74) is 6.00. The van der Waals surface area contributed by atoms with Crippen LogP contribution in [0.2, 0.25) is 5.02 Å². The van der Waals surface area contributed by atoms with Crippen molar-refractivity contribution < 1.29 is 0 Å². The smallest absolute Gasteiger partial charge is 0.205 e. The van der Waals surface area contributed by atoms with E-state index in [0.29, 0.717) is 11.0 Å². The second kappa shape index (κ2) is 6.39. The number of halogens is 1. The van der Waals surface area contributed by atoms with E-state index in [2.05, 4.69) is 49.5 Å². The molecule has 3 heterocycles. The molecule has 0 amide bonds. The fourth-order valence-corrected chi connectivity index (χ4v) is 4.03. The minimum absolute atomic E-state index is 0.684. The highest BCUT2D eigenvalue weighted by Crippen LogP contribution is 2.32. The zero-order valence-electron chi connectivity index (χ0n) is 15.6. The Balaban J connectivity index is 1.29. The Kier molecular flexibility index (Phi) is 3.67. The number of imidazole rings is 1. The zero-order valence-corrected chi connectivity index (χ0v) is 16.4. The van der Waals surface area contributed by atoms with Crippen LogP contribution in [-0.2, 0) is 6.54 Å². The summed E-state index contributed by atoms with van der Waals surface area (Å²) in [7, 11) is 0. The maximum absolute atomic E-state index is 6.38. The first kappa shape index (κ1) is 16.7. The second-order valence-corrected chi connectivity index (χ2v) is 8.14. The van der Waals surface area contributed by atoms with Crippen molar-refractivity contribution in [3.8, 4) is 11.1 Å². The van der Waals surface area contributed by atoms with E-state index in [1.807, 2.05) is 30.6 Å². The van der Waals surface area contributed by atoms with E-state index < -0.39 is 0 Å². The number of nitrogens with one attached hydrogen (secondary N) is 3. The standard InChI is InChI=1S/C22H19ClN6/c23-18-8-16(9-20-17(18)5-6-24-20)26-22-27-19-4-3-14(7-21(19)28-22)15-10-25-29(12-15)11-13-1-2-13/h3-10,12-13,24H,1-2,11H2,(H2,26,27,28). The Labute approximate surface area is 171 Å². The number of fused-ring (bicyclic) bond motifs is 2. The molecule has 6 nitrogen and oxygen atoms in total. The molecule has 0 atom stereocenters. The summed E-state index contributed by atoms with van der Waals surface area (Å²) in [5.74, 6) is 1.49. The molecule has 3 N–H and O–H groups in total. The average molecular weight is 403 g/mol. The second-order valence-electron chi connectivity index (χ2n) is 7.73. The molecule has 1 fully saturated rings. The van der Waals surface area contributed by atoms with Crippen molar-refractivity contribution in [2.75, 3.05) is 5.32 Å². The topological polar surface area (TPSA) is 74.3 Å². The summed E-state index contributed by atoms with van der Waals surface area (Å²) in [6.07, 6.45) is 8.59. The normalized spacial score (nSPS) is 14.1. The summed E-state index contributed by atoms with van der Waals surface area (Å²) >= 11 is 6.38. The van der Waals surface area contributed by atoms with E-state index in [0.717, 1.165) is 51.2 Å². The third-order valence-corrected chi connectivity index (χ3v) is 5.79. The molecule has 7 heteroatoms. The molecule has 1 aliphatic rings. The van der Waals surface area contributed by atoms with Crippen LogP contribution in [-0.4, -0.2) is 24.7 Å². The van der Waals surface area contributed by atoms with Gasteiger partial charge in [-0.05, 0) is 54.7 Å². The van der Waals surface area contributed by atoms with Gasteiger partial charge in [-0.1, -0.05) is 17.7 Å². The number of hydrogen-bond acceptors (Lipinski definition) is 3. The van der Waals surface area contributed by atoms with Crippen molar-refractivity contribution in [1.82, 2.24) is 24.7 Å². The van der Waals surface area contributed by atoms with Crippen molar-refractivity contribution in [2.45, 2.75) is 19.4 Å². The molecular formula is C22H19ClN6. The summed E-state index contributed by atoms with van der Waals surface area (Å²) in [6, 6.07) is 12.2. The first-order chi connectivity index (χ1) is 14.2. The largest absolute Gasteiger partial charge is 0.361 e. The number of rotatable bonds is 5. The van der Waals surface area contributed by atoms with Gasteiger partial charge in [0.1, 0.15) is 0 Å². The fraction of sp³-hybridized carbons (Fsp3) is 0.182. The minimum Gasteiger partial charge on any atom is -0.361 e. The highest BCUT2D eigenvalue weighted by Gasteiger charge is 2.22. The molecule has 3 aromatic heterocycles. The minimum atomic E-state index is 0.684. The molecule has 0 unspecified atom stereocenters. The maximum Gasteiger partial charge on any atom is 0.205 e. The fourth-order valence-electron chi connectivity index (χ4n) is 3.75. The van der Waals surface area contributed by atoms with Crippen molar-refractivity contribution in [3.63, 3.8) is 0 Å². The number of nitrogens with zero attached hydrogens (tertiary/aromatic N) is 3. The molecular weight excluding hydrogens is 384 g/mol. The molecule has 29 heavy (non-hydrogen) atoms. The van der Waals surface area contributed by atoms with Gasteiger partial charge in [-0.15, -0.1) is 0 Å². The predicted octanol–water partition coefficient (Wildman–Crippen LogP) is 5.71. The average Bonchev–Trinajstić information content (AvgIpc) is 3.10. The highest BCUT2D eigenvalue weighted by molar-refractivity contribution is 6.35. The van der Waals surface area contributed by atoms with Crippen molar-refractivity contribution in [1.29, 1.82) is 0 Å². The van der Waals surface area contributed by atoms with Crippen LogP contribution in [0.25, 0.3) is 33.1 Å². The summed E-state index contributed by atoms with van der Waals surface area (Å²) in [5, 5.41) is 9.53. The Morgan fingerprint density at radius 2 is 2.03 bits per heavy atom. The number of aromatic amines is 2. The van der Waals surface area contributed by atoms with Gasteiger partial charge in [-0.2, -0.15) is 5.10 Å². The van der Waals surface area contributed by atoms with Gasteiger partial charge in [0.25, 0.3) is 0 Å². The zero-order chi connectivity index (χ0) is 19.4. The van der Waals surface area contributed by atoms with Crippen LogP contribution in [0.5, 0.6) is 0 Å². The summed E-state index contributed by atoms with van der Waals surface area (Å²) in [4.78, 5) is 11.2. The molecule has 5 aromatic rings. The molecule has 2 aromatic carbocycles. The van der Waals surface area contributed by atoms with Crippen LogP contribution < -0.4 is 5.32 Å². The van der Waals surface area contributed by atoms with Gasteiger partial charge < -0.3 is 15.3 Å². The Morgan fingerprint density at radius 1 is 1.10 bits per heavy atom. The van der Waals surface area contributed by atoms with E-state index in [9.17, 15) is 0 Å². The summed E-state index contributed by atoms with van der Waals surface area (Å²) in [6.45, 7) is 1.02. The Hall–Kier alpha value is -3.25. The first-order valence-electron chi connectivity index (χ1n) is 9.77. The van der Waals surface area contributed by atoms with Gasteiger partial charge in [0, 0.05) is 41.1 Å². The lowest BCUT2D eigenvalue weighted by atomic mass is 10.1. The third kappa shape index (κ3) is 3.15. The molecule has 0 bridgehead atoms. The van der Waals surface area contributed by atoms with Crippen LogP contribution in [0, 0.1) is 5.92 Å². The van der Waals surface area contributed by atoms with Crippen LogP contribution >= 0.6 is 11.6 Å². The number of H-pyrrole nitrogens is 2. The van der Waals surface area contributed by atoms with Crippen LogP contribution in [0.3, 0.4) is 0 Å². The van der Waals surface area contributed by atoms with Gasteiger partial charge in [-0.3, -0.25) is 4.68 Å². The molecule has 1 aliphatic carbocycles. The quantitative estimate of drug-likeness (QED) is 0.352. The Morgan fingerprint density at radius 3 is 2.93 bits per heavy atom. The van der Waals surface area contributed by atoms with E-state index in [1.54, 1.807) is 0 Å². The van der Waals surface area contributed by atoms with E-state index in [-0.39, 0.29) is 0 Å². The van der Waals surface area contributed by atoms with Crippen molar-refractivity contribution in [2.24, 2.45) is 5.92 Å². The SMILES string of the molecule is Clc1cc(Nc2nc3cc(-c4cnn(CC5CC5)c4)ccc3[nH]2)cc2[nH]ccc12.